The predicted octanol–water partition coefficient (Wildman–Crippen LogP) is 1.46. The molecule has 0 unspecified atom stereocenters. The van der Waals surface area contributed by atoms with Gasteiger partial charge in [0, 0.05) is 5.56 Å². The zero-order valence-electron chi connectivity index (χ0n) is 13.1. The van der Waals surface area contributed by atoms with Crippen molar-refractivity contribution >= 4 is 11.8 Å². The van der Waals surface area contributed by atoms with E-state index in [2.05, 4.69) is 26.3 Å². The average molecular weight is 337 g/mol. The summed E-state index contributed by atoms with van der Waals surface area (Å²) in [6.07, 6.45) is 1.25. The van der Waals surface area contributed by atoms with Gasteiger partial charge >= 0.3 is 0 Å². The Morgan fingerprint density at radius 3 is 2.36 bits per heavy atom. The van der Waals surface area contributed by atoms with Crippen molar-refractivity contribution in [2.45, 2.75) is 6.61 Å². The number of ether oxygens (including phenoxy) is 1. The third-order valence-corrected chi connectivity index (χ3v) is 3.30. The molecule has 0 aliphatic heterocycles. The highest BCUT2D eigenvalue weighted by molar-refractivity contribution is 5.98. The first kappa shape index (κ1) is 16.2. The first-order valence-corrected chi connectivity index (χ1v) is 7.45. The molecule has 0 radical (unpaired) electrons. The molecule has 126 valence electrons. The smallest absolute Gasteiger partial charge is 0.291 e. The molecule has 8 heteroatoms. The number of aromatic nitrogens is 3. The van der Waals surface area contributed by atoms with Crippen molar-refractivity contribution in [1.29, 1.82) is 0 Å². The van der Waals surface area contributed by atoms with Crippen molar-refractivity contribution in [3.05, 3.63) is 77.6 Å². The predicted molar refractivity (Wildman–Crippen MR) is 88.5 cm³/mol. The molecular formula is C17H15N5O3. The maximum atomic E-state index is 12.0. The molecule has 0 saturated heterocycles. The van der Waals surface area contributed by atoms with Gasteiger partial charge in [-0.05, 0) is 29.8 Å². The van der Waals surface area contributed by atoms with E-state index in [4.69, 9.17) is 4.74 Å². The largest absolute Gasteiger partial charge is 0.489 e. The molecule has 0 bridgehead atoms. The van der Waals surface area contributed by atoms with Crippen molar-refractivity contribution < 1.29 is 14.3 Å². The van der Waals surface area contributed by atoms with Gasteiger partial charge in [0.2, 0.25) is 0 Å². The van der Waals surface area contributed by atoms with Crippen LogP contribution in [0.3, 0.4) is 0 Å². The summed E-state index contributed by atoms with van der Waals surface area (Å²) >= 11 is 0. The molecule has 2 aromatic carbocycles. The Hall–Kier alpha value is -3.68. The van der Waals surface area contributed by atoms with Gasteiger partial charge in [0.15, 0.2) is 5.69 Å². The summed E-state index contributed by atoms with van der Waals surface area (Å²) in [5, 5.41) is 9.43. The molecule has 0 saturated carbocycles. The van der Waals surface area contributed by atoms with Gasteiger partial charge in [0.05, 0.1) is 6.20 Å². The van der Waals surface area contributed by atoms with Crippen LogP contribution in [-0.2, 0) is 6.61 Å². The number of carbonyl (C=O) groups excluding carboxylic acids is 2. The minimum atomic E-state index is -0.565. The molecule has 3 rings (SSSR count). The summed E-state index contributed by atoms with van der Waals surface area (Å²) in [4.78, 5) is 23.6. The molecule has 0 aliphatic carbocycles. The second-order valence-electron chi connectivity index (χ2n) is 5.06. The van der Waals surface area contributed by atoms with Crippen LogP contribution in [0.15, 0.2) is 60.8 Å². The first-order chi connectivity index (χ1) is 12.2. The Balaban J connectivity index is 1.51. The number of hydrogen-bond donors (Lipinski definition) is 3. The lowest BCUT2D eigenvalue weighted by atomic mass is 10.2. The molecule has 0 fully saturated rings. The molecule has 1 heterocycles. The Kier molecular flexibility index (Phi) is 5.01. The number of rotatable bonds is 5. The summed E-state index contributed by atoms with van der Waals surface area (Å²) in [5.74, 6) is -0.372. The van der Waals surface area contributed by atoms with Gasteiger partial charge in [0.25, 0.3) is 11.8 Å². The second kappa shape index (κ2) is 7.73. The lowest BCUT2D eigenvalue weighted by Crippen LogP contribution is -2.41. The summed E-state index contributed by atoms with van der Waals surface area (Å²) < 4.78 is 5.65. The van der Waals surface area contributed by atoms with Crippen LogP contribution < -0.4 is 15.6 Å². The molecular weight excluding hydrogens is 322 g/mol. The topological polar surface area (TPSA) is 109 Å². The van der Waals surface area contributed by atoms with Crippen LogP contribution in [0.1, 0.15) is 26.4 Å². The van der Waals surface area contributed by atoms with Crippen molar-refractivity contribution in [3.63, 3.8) is 0 Å². The van der Waals surface area contributed by atoms with Crippen LogP contribution in [0.25, 0.3) is 0 Å². The summed E-state index contributed by atoms with van der Waals surface area (Å²) in [6, 6.07) is 16.4. The Bertz CT molecular complexity index is 832. The summed E-state index contributed by atoms with van der Waals surface area (Å²) in [5.41, 5.74) is 6.07. The van der Waals surface area contributed by atoms with Crippen LogP contribution in [0.4, 0.5) is 0 Å². The number of nitrogens with one attached hydrogen (secondary N) is 3. The van der Waals surface area contributed by atoms with E-state index in [9.17, 15) is 9.59 Å². The SMILES string of the molecule is O=C(NNC(=O)c1cn[nH]n1)c1ccc(OCc2ccccc2)cc1. The molecule has 3 aromatic rings. The Morgan fingerprint density at radius 2 is 1.68 bits per heavy atom. The van der Waals surface area contributed by atoms with E-state index < -0.39 is 11.8 Å². The normalized spacial score (nSPS) is 10.1. The third kappa shape index (κ3) is 4.41. The lowest BCUT2D eigenvalue weighted by Gasteiger charge is -2.08. The molecule has 0 spiro atoms. The van der Waals surface area contributed by atoms with Crippen LogP contribution in [0.5, 0.6) is 5.75 Å². The van der Waals surface area contributed by atoms with E-state index in [0.717, 1.165) is 5.56 Å². The fourth-order valence-corrected chi connectivity index (χ4v) is 2.00. The number of aromatic amines is 1. The second-order valence-corrected chi connectivity index (χ2v) is 5.06. The fourth-order valence-electron chi connectivity index (χ4n) is 2.00. The highest BCUT2D eigenvalue weighted by Crippen LogP contribution is 2.14. The summed E-state index contributed by atoms with van der Waals surface area (Å²) in [7, 11) is 0. The van der Waals surface area contributed by atoms with Crippen molar-refractivity contribution in [1.82, 2.24) is 26.3 Å². The standard InChI is InChI=1S/C17H15N5O3/c23-16(20-21-17(24)15-10-18-22-19-15)13-6-8-14(9-7-13)25-11-12-4-2-1-3-5-12/h1-10H,11H2,(H,20,23)(H,21,24)(H,18,19,22). The van der Waals surface area contributed by atoms with Gasteiger partial charge in [-0.1, -0.05) is 30.3 Å². The number of amides is 2. The minimum Gasteiger partial charge on any atom is -0.489 e. The van der Waals surface area contributed by atoms with E-state index in [1.54, 1.807) is 24.3 Å². The van der Waals surface area contributed by atoms with Gasteiger partial charge in [0.1, 0.15) is 12.4 Å². The molecule has 3 N–H and O–H groups in total. The zero-order chi connectivity index (χ0) is 17.5. The van der Waals surface area contributed by atoms with E-state index in [0.29, 0.717) is 17.9 Å². The quantitative estimate of drug-likeness (QED) is 0.611. The van der Waals surface area contributed by atoms with E-state index >= 15 is 0 Å². The maximum Gasteiger partial charge on any atom is 0.291 e. The molecule has 8 nitrogen and oxygen atoms in total. The van der Waals surface area contributed by atoms with Crippen LogP contribution in [0, 0.1) is 0 Å². The Morgan fingerprint density at radius 1 is 0.960 bits per heavy atom. The van der Waals surface area contributed by atoms with Gasteiger partial charge in [-0.3, -0.25) is 20.4 Å². The molecule has 2 amide bonds. The summed E-state index contributed by atoms with van der Waals surface area (Å²) in [6.45, 7) is 0.445. The number of hydrogen-bond acceptors (Lipinski definition) is 5. The highest BCUT2D eigenvalue weighted by Gasteiger charge is 2.11. The molecule has 25 heavy (non-hydrogen) atoms. The van der Waals surface area contributed by atoms with Crippen molar-refractivity contribution in [2.75, 3.05) is 0 Å². The van der Waals surface area contributed by atoms with Crippen molar-refractivity contribution in [2.24, 2.45) is 0 Å². The van der Waals surface area contributed by atoms with E-state index in [1.165, 1.54) is 6.20 Å². The monoisotopic (exact) mass is 337 g/mol. The van der Waals surface area contributed by atoms with Gasteiger partial charge in [-0.15, -0.1) is 0 Å². The molecule has 0 atom stereocenters. The van der Waals surface area contributed by atoms with Crippen LogP contribution in [-0.4, -0.2) is 27.2 Å². The third-order valence-electron chi connectivity index (χ3n) is 3.30. The van der Waals surface area contributed by atoms with E-state index in [1.807, 2.05) is 30.3 Å². The molecule has 1 aromatic heterocycles. The first-order valence-electron chi connectivity index (χ1n) is 7.45. The van der Waals surface area contributed by atoms with Gasteiger partial charge in [-0.25, -0.2) is 0 Å². The van der Waals surface area contributed by atoms with E-state index in [-0.39, 0.29) is 5.69 Å². The number of H-pyrrole nitrogens is 1. The number of carbonyl (C=O) groups is 2. The minimum absolute atomic E-state index is 0.0740. The zero-order valence-corrected chi connectivity index (χ0v) is 13.1. The lowest BCUT2D eigenvalue weighted by molar-refractivity contribution is 0.0844. The average Bonchev–Trinajstić information content (AvgIpc) is 3.20. The fraction of sp³-hybridized carbons (Fsp3) is 0.0588. The van der Waals surface area contributed by atoms with Crippen molar-refractivity contribution in [3.8, 4) is 5.75 Å². The van der Waals surface area contributed by atoms with Gasteiger partial charge < -0.3 is 4.74 Å². The Labute approximate surface area is 143 Å². The number of benzene rings is 2. The van der Waals surface area contributed by atoms with Gasteiger partial charge in [-0.2, -0.15) is 15.4 Å². The van der Waals surface area contributed by atoms with Crippen LogP contribution in [0.2, 0.25) is 0 Å². The number of nitrogens with zero attached hydrogens (tertiary/aromatic N) is 2. The highest BCUT2D eigenvalue weighted by atomic mass is 16.5. The molecule has 0 aliphatic rings. The maximum absolute atomic E-state index is 12.0. The van der Waals surface area contributed by atoms with Crippen LogP contribution >= 0.6 is 0 Å². The number of hydrazine groups is 1.